The van der Waals surface area contributed by atoms with E-state index >= 15 is 0 Å². The summed E-state index contributed by atoms with van der Waals surface area (Å²) in [5, 5.41) is 0.953. The van der Waals surface area contributed by atoms with Gasteiger partial charge < -0.3 is 15.0 Å². The maximum Gasteiger partial charge on any atom is 0.338 e. The molecule has 0 amide bonds. The Morgan fingerprint density at radius 1 is 1.14 bits per heavy atom. The van der Waals surface area contributed by atoms with Gasteiger partial charge in [0.05, 0.1) is 0 Å². The number of benzene rings is 2. The molecular formula is C21H18F2N2O3. The molecule has 3 aromatic rings. The summed E-state index contributed by atoms with van der Waals surface area (Å²) in [5.74, 6) is -3.64. The Morgan fingerprint density at radius 3 is 2.54 bits per heavy atom. The van der Waals surface area contributed by atoms with E-state index in [0.29, 0.717) is 0 Å². The molecule has 0 unspecified atom stereocenters. The van der Waals surface area contributed by atoms with E-state index in [4.69, 9.17) is 5.73 Å². The molecule has 0 aliphatic rings. The Hall–Kier alpha value is -3.32. The number of carbonyl (C=O) groups is 2. The van der Waals surface area contributed by atoms with Gasteiger partial charge in [-0.3, -0.25) is 0 Å². The Balaban J connectivity index is 1.65. The number of halogens is 2. The van der Waals surface area contributed by atoms with Gasteiger partial charge in [-0.1, -0.05) is 24.3 Å². The van der Waals surface area contributed by atoms with E-state index in [1.165, 1.54) is 6.07 Å². The van der Waals surface area contributed by atoms with Crippen molar-refractivity contribution in [3.05, 3.63) is 77.5 Å². The van der Waals surface area contributed by atoms with Gasteiger partial charge >= 0.3 is 11.9 Å². The maximum atomic E-state index is 13.5. The number of nitrogens with zero attached hydrogens (tertiary/aromatic N) is 1. The first-order valence-electron chi connectivity index (χ1n) is 8.53. The lowest BCUT2D eigenvalue weighted by molar-refractivity contribution is -0.157. The average molecular weight is 384 g/mol. The van der Waals surface area contributed by atoms with Crippen LogP contribution in [-0.2, 0) is 27.8 Å². The molecule has 2 aromatic carbocycles. The molecule has 0 aliphatic carbocycles. The number of hydrogen-bond donors (Lipinski definition) is 1. The molecule has 28 heavy (non-hydrogen) atoms. The molecule has 0 saturated heterocycles. The van der Waals surface area contributed by atoms with Crippen LogP contribution in [0.4, 0.5) is 8.78 Å². The van der Waals surface area contributed by atoms with Crippen LogP contribution in [-0.4, -0.2) is 22.5 Å². The summed E-state index contributed by atoms with van der Waals surface area (Å²) in [5.41, 5.74) is 7.31. The number of esters is 2. The van der Waals surface area contributed by atoms with E-state index in [1.807, 2.05) is 42.1 Å². The molecule has 1 heterocycles. The summed E-state index contributed by atoms with van der Waals surface area (Å²) in [6.07, 6.45) is 3.74. The van der Waals surface area contributed by atoms with Crippen LogP contribution in [0.25, 0.3) is 17.0 Å². The number of fused-ring (bicyclic) bond motifs is 1. The van der Waals surface area contributed by atoms with Crippen LogP contribution in [0.15, 0.2) is 54.7 Å². The fourth-order valence-electron chi connectivity index (χ4n) is 2.94. The van der Waals surface area contributed by atoms with E-state index in [-0.39, 0.29) is 6.42 Å². The zero-order valence-electron chi connectivity index (χ0n) is 15.1. The largest absolute Gasteiger partial charge is 0.389 e. The average Bonchev–Trinajstić information content (AvgIpc) is 2.97. The van der Waals surface area contributed by atoms with Crippen LogP contribution < -0.4 is 5.73 Å². The quantitative estimate of drug-likeness (QED) is 0.417. The van der Waals surface area contributed by atoms with Crippen molar-refractivity contribution in [3.63, 3.8) is 0 Å². The Labute approximate surface area is 160 Å². The summed E-state index contributed by atoms with van der Waals surface area (Å²) in [7, 11) is 1.88. The highest BCUT2D eigenvalue weighted by Gasteiger charge is 2.20. The molecule has 0 radical (unpaired) electrons. The van der Waals surface area contributed by atoms with E-state index in [9.17, 15) is 18.4 Å². The summed E-state index contributed by atoms with van der Waals surface area (Å²) in [6, 6.07) is 9.90. The van der Waals surface area contributed by atoms with Gasteiger partial charge in [-0.05, 0) is 29.8 Å². The number of ether oxygens (including phenoxy) is 1. The van der Waals surface area contributed by atoms with Gasteiger partial charge in [0, 0.05) is 42.2 Å². The van der Waals surface area contributed by atoms with Crippen LogP contribution in [0, 0.1) is 11.6 Å². The highest BCUT2D eigenvalue weighted by molar-refractivity contribution is 5.96. The smallest absolute Gasteiger partial charge is 0.338 e. The lowest BCUT2D eigenvalue weighted by atomic mass is 10.1. The molecule has 2 N–H and O–H groups in total. The molecule has 0 bridgehead atoms. The molecule has 0 aliphatic heterocycles. The molecule has 144 valence electrons. The molecule has 1 aromatic heterocycles. The van der Waals surface area contributed by atoms with Gasteiger partial charge in [0.25, 0.3) is 0 Å². The lowest BCUT2D eigenvalue weighted by Gasteiger charge is -2.09. The zero-order valence-corrected chi connectivity index (χ0v) is 15.1. The van der Waals surface area contributed by atoms with Gasteiger partial charge in [0.15, 0.2) is 0 Å². The third-order valence-electron chi connectivity index (χ3n) is 4.31. The van der Waals surface area contributed by atoms with Crippen molar-refractivity contribution in [1.29, 1.82) is 0 Å². The van der Waals surface area contributed by atoms with Crippen molar-refractivity contribution in [2.45, 2.75) is 12.5 Å². The normalized spacial score (nSPS) is 12.4. The van der Waals surface area contributed by atoms with Crippen molar-refractivity contribution in [2.24, 2.45) is 12.8 Å². The van der Waals surface area contributed by atoms with E-state index < -0.39 is 35.2 Å². The molecule has 0 fully saturated rings. The number of carbonyl (C=O) groups excluding carboxylic acids is 2. The van der Waals surface area contributed by atoms with Gasteiger partial charge in [0.1, 0.15) is 17.7 Å². The van der Waals surface area contributed by atoms with Crippen LogP contribution in [0.1, 0.15) is 11.1 Å². The summed E-state index contributed by atoms with van der Waals surface area (Å²) in [6.45, 7) is 0. The van der Waals surface area contributed by atoms with Crippen LogP contribution in [0.3, 0.4) is 0 Å². The van der Waals surface area contributed by atoms with E-state index in [1.54, 1.807) is 0 Å². The molecule has 7 heteroatoms. The first-order chi connectivity index (χ1) is 13.4. The predicted molar refractivity (Wildman–Crippen MR) is 101 cm³/mol. The molecular weight excluding hydrogens is 366 g/mol. The lowest BCUT2D eigenvalue weighted by Crippen LogP contribution is -2.35. The first kappa shape index (κ1) is 19.4. The van der Waals surface area contributed by atoms with Crippen LogP contribution in [0.5, 0.6) is 0 Å². The van der Waals surface area contributed by atoms with Crippen molar-refractivity contribution < 1.29 is 23.1 Å². The van der Waals surface area contributed by atoms with Crippen LogP contribution in [0.2, 0.25) is 0 Å². The fourth-order valence-corrected chi connectivity index (χ4v) is 2.94. The first-order valence-corrected chi connectivity index (χ1v) is 8.53. The fraction of sp³-hybridized carbons (Fsp3) is 0.143. The molecule has 3 rings (SSSR count). The van der Waals surface area contributed by atoms with Gasteiger partial charge in [0.2, 0.25) is 0 Å². The molecule has 0 spiro atoms. The monoisotopic (exact) mass is 384 g/mol. The van der Waals surface area contributed by atoms with Gasteiger partial charge in [-0.15, -0.1) is 0 Å². The standard InChI is InChI=1S/C21H18F2N2O3/c1-25-12-13(14-5-2-3-8-19(14)25)11-18(24)21(27)28-20(26)10-9-15-16(22)6-4-7-17(15)23/h2-10,12,18H,11,24H2,1H3/t18-/m0/s1. The second-order valence-electron chi connectivity index (χ2n) is 6.30. The number of aromatic nitrogens is 1. The van der Waals surface area contributed by atoms with E-state index in [0.717, 1.165) is 40.8 Å². The van der Waals surface area contributed by atoms with Crippen molar-refractivity contribution in [3.8, 4) is 0 Å². The van der Waals surface area contributed by atoms with Crippen molar-refractivity contribution >= 4 is 28.9 Å². The molecule has 5 nitrogen and oxygen atoms in total. The number of rotatable bonds is 5. The minimum absolute atomic E-state index is 0.180. The number of para-hydroxylation sites is 1. The Morgan fingerprint density at radius 2 is 1.82 bits per heavy atom. The third-order valence-corrected chi connectivity index (χ3v) is 4.31. The van der Waals surface area contributed by atoms with Crippen molar-refractivity contribution in [1.82, 2.24) is 4.57 Å². The molecule has 0 saturated carbocycles. The number of nitrogens with two attached hydrogens (primary N) is 1. The third kappa shape index (κ3) is 4.15. The zero-order chi connectivity index (χ0) is 20.3. The summed E-state index contributed by atoms with van der Waals surface area (Å²) >= 11 is 0. The minimum atomic E-state index is -1.06. The Bertz CT molecular complexity index is 1050. The SMILES string of the molecule is Cn1cc(C[C@H](N)C(=O)OC(=O)C=Cc2c(F)cccc2F)c2ccccc21. The van der Waals surface area contributed by atoms with Gasteiger partial charge in [-0.2, -0.15) is 0 Å². The predicted octanol–water partition coefficient (Wildman–Crippen LogP) is 3.11. The summed E-state index contributed by atoms with van der Waals surface area (Å²) in [4.78, 5) is 23.9. The highest BCUT2D eigenvalue weighted by atomic mass is 19.1. The summed E-state index contributed by atoms with van der Waals surface area (Å²) < 4.78 is 33.6. The number of hydrogen-bond acceptors (Lipinski definition) is 4. The molecule has 1 atom stereocenters. The number of aryl methyl sites for hydroxylation is 1. The second kappa shape index (κ2) is 8.14. The minimum Gasteiger partial charge on any atom is -0.389 e. The van der Waals surface area contributed by atoms with Crippen molar-refractivity contribution in [2.75, 3.05) is 0 Å². The Kier molecular flexibility index (Phi) is 5.65. The van der Waals surface area contributed by atoms with Gasteiger partial charge in [-0.25, -0.2) is 18.4 Å². The van der Waals surface area contributed by atoms with E-state index in [2.05, 4.69) is 4.74 Å². The topological polar surface area (TPSA) is 74.3 Å². The van der Waals surface area contributed by atoms with Crippen LogP contribution >= 0.6 is 0 Å². The second-order valence-corrected chi connectivity index (χ2v) is 6.30. The maximum absolute atomic E-state index is 13.5. The highest BCUT2D eigenvalue weighted by Crippen LogP contribution is 2.21.